The maximum absolute atomic E-state index is 13.3. The van der Waals surface area contributed by atoms with Crippen molar-refractivity contribution in [1.29, 1.82) is 0 Å². The van der Waals surface area contributed by atoms with E-state index in [0.717, 1.165) is 141 Å². The van der Waals surface area contributed by atoms with Crippen LogP contribution >= 0.6 is 45.9 Å². The van der Waals surface area contributed by atoms with E-state index in [1.54, 1.807) is 101 Å². The van der Waals surface area contributed by atoms with Crippen LogP contribution in [0.4, 0.5) is 50.3 Å². The van der Waals surface area contributed by atoms with Crippen molar-refractivity contribution >= 4 is 166 Å². The zero-order valence-corrected chi connectivity index (χ0v) is 84.2. The maximum Gasteiger partial charge on any atom is 0.263 e. The van der Waals surface area contributed by atoms with Gasteiger partial charge in [-0.25, -0.2) is 55.2 Å². The number of fused-ring (bicyclic) bond motifs is 3. The number of piperazine rings is 1. The van der Waals surface area contributed by atoms with Crippen LogP contribution in [0.15, 0.2) is 292 Å². The first-order valence-corrected chi connectivity index (χ1v) is 54.3. The van der Waals surface area contributed by atoms with Gasteiger partial charge in [0, 0.05) is 184 Å². The molecule has 0 radical (unpaired) electrons. The lowest BCUT2D eigenvalue weighted by Gasteiger charge is -2.43. The minimum Gasteiger partial charge on any atom is -0.768 e. The molecule has 3 atom stereocenters. The Hall–Kier alpha value is -13.0. The average molecular weight is 2070 g/mol. The van der Waals surface area contributed by atoms with Gasteiger partial charge in [0.15, 0.2) is 10.3 Å². The molecule has 0 saturated carbocycles. The molecule has 6 aliphatic rings. The number of sulfonamides is 3. The number of nitrogens with two attached hydrogens (primary N) is 1. The van der Waals surface area contributed by atoms with Crippen molar-refractivity contribution in [3.8, 4) is 5.75 Å². The van der Waals surface area contributed by atoms with Crippen LogP contribution in [0.2, 0.25) is 10.0 Å². The lowest BCUT2D eigenvalue weighted by atomic mass is 9.89. The molecule has 31 nitrogen and oxygen atoms in total. The summed E-state index contributed by atoms with van der Waals surface area (Å²) >= 11 is 12.8. The molecule has 0 bridgehead atoms. The molecule has 4 saturated heterocycles. The summed E-state index contributed by atoms with van der Waals surface area (Å²) in [6.45, 7) is 17.1. The van der Waals surface area contributed by atoms with Gasteiger partial charge in [-0.15, -0.1) is 22.7 Å². The third kappa shape index (κ3) is 26.1. The van der Waals surface area contributed by atoms with Crippen molar-refractivity contribution in [3.05, 3.63) is 322 Å². The molecular formula is C102H118Cl2N19O12S6-. The fourth-order valence-corrected chi connectivity index (χ4v) is 23.6. The van der Waals surface area contributed by atoms with E-state index in [1.165, 1.54) is 93.1 Å². The Balaban J connectivity index is 0.000000179. The number of aryl methyl sites for hydroxylation is 5. The van der Waals surface area contributed by atoms with Crippen LogP contribution in [0.1, 0.15) is 97.4 Å². The average Bonchev–Trinajstić information content (AvgIpc) is 1.72. The highest BCUT2D eigenvalue weighted by molar-refractivity contribution is 7.93. The van der Waals surface area contributed by atoms with E-state index in [0.29, 0.717) is 84.0 Å². The van der Waals surface area contributed by atoms with Gasteiger partial charge in [0.2, 0.25) is 17.7 Å². The first kappa shape index (κ1) is 101. The van der Waals surface area contributed by atoms with Crippen LogP contribution in [0, 0.1) is 13.8 Å². The number of rotatable bonds is 26. The van der Waals surface area contributed by atoms with Crippen LogP contribution < -0.4 is 54.5 Å². The summed E-state index contributed by atoms with van der Waals surface area (Å²) in [6.07, 6.45) is 17.7. The Morgan fingerprint density at radius 3 is 1.81 bits per heavy atom. The smallest absolute Gasteiger partial charge is 0.263 e. The van der Waals surface area contributed by atoms with Gasteiger partial charge in [-0.05, 0) is 255 Å². The minimum absolute atomic E-state index is 0. The van der Waals surface area contributed by atoms with Crippen LogP contribution in [-0.4, -0.2) is 186 Å². The summed E-state index contributed by atoms with van der Waals surface area (Å²) in [5.41, 5.74) is 19.5. The van der Waals surface area contributed by atoms with Gasteiger partial charge in [0.25, 0.3) is 30.1 Å². The second-order valence-corrected chi connectivity index (χ2v) is 43.4. The number of likely N-dealkylation sites (tertiary alicyclic amines) is 1. The quantitative estimate of drug-likeness (QED) is 0.0314. The predicted octanol–water partition coefficient (Wildman–Crippen LogP) is 17.7. The van der Waals surface area contributed by atoms with Gasteiger partial charge in [-0.3, -0.25) is 37.7 Å². The van der Waals surface area contributed by atoms with Crippen molar-refractivity contribution in [3.63, 3.8) is 0 Å². The highest BCUT2D eigenvalue weighted by Gasteiger charge is 2.40. The molecule has 2 unspecified atom stereocenters. The summed E-state index contributed by atoms with van der Waals surface area (Å²) in [5, 5.41) is 9.71. The molecule has 20 rings (SSSR count). The number of piperidine rings is 1. The second kappa shape index (κ2) is 46.6. The number of nitrogen functional groups attached to an aromatic ring is 1. The molecule has 141 heavy (non-hydrogen) atoms. The van der Waals surface area contributed by atoms with Crippen molar-refractivity contribution < 1.29 is 60.3 Å². The maximum atomic E-state index is 13.3. The van der Waals surface area contributed by atoms with E-state index >= 15 is 0 Å². The monoisotopic (exact) mass is 2060 g/mol. The molecule has 9 aromatic carbocycles. The number of hydrogen-bond donors (Lipinski definition) is 5. The number of nitrogens with zero attached hydrogens (tertiary/aromatic N) is 14. The molecule has 11 heterocycles. The molecule has 39 heteroatoms. The van der Waals surface area contributed by atoms with Gasteiger partial charge >= 0.3 is 0 Å². The third-order valence-corrected chi connectivity index (χ3v) is 32.3. The van der Waals surface area contributed by atoms with Gasteiger partial charge in [-0.2, -0.15) is 0 Å². The van der Waals surface area contributed by atoms with Gasteiger partial charge in [0.05, 0.1) is 31.3 Å². The van der Waals surface area contributed by atoms with E-state index in [4.69, 9.17) is 33.7 Å². The number of ether oxygens (including phenoxy) is 1. The van der Waals surface area contributed by atoms with E-state index in [1.807, 2.05) is 120 Å². The summed E-state index contributed by atoms with van der Waals surface area (Å²) in [4.78, 5) is 77.8. The zero-order valence-electron chi connectivity index (χ0n) is 77.8. The number of benzene rings is 9. The Labute approximate surface area is 849 Å². The van der Waals surface area contributed by atoms with E-state index in [-0.39, 0.29) is 69.4 Å². The lowest BCUT2D eigenvalue weighted by molar-refractivity contribution is -0.132. The highest BCUT2D eigenvalue weighted by atomic mass is 35.5. The fourth-order valence-electron chi connectivity index (χ4n) is 18.2. The molecule has 6 aliphatic heterocycles. The van der Waals surface area contributed by atoms with Crippen LogP contribution in [-0.2, 0) is 88.1 Å². The van der Waals surface area contributed by atoms with Crippen LogP contribution in [0.3, 0.4) is 0 Å². The first-order chi connectivity index (χ1) is 68.1. The topological polar surface area (TPSA) is 382 Å². The molecular weight excluding hydrogens is 1950 g/mol. The summed E-state index contributed by atoms with van der Waals surface area (Å²) in [7, 11) is -11.1. The van der Waals surface area contributed by atoms with Crippen molar-refractivity contribution in [1.82, 2.24) is 49.6 Å². The Morgan fingerprint density at radius 2 is 1.19 bits per heavy atom. The lowest BCUT2D eigenvalue weighted by Crippen LogP contribution is -2.62. The predicted molar refractivity (Wildman–Crippen MR) is 567 cm³/mol. The van der Waals surface area contributed by atoms with Gasteiger partial charge in [-0.1, -0.05) is 108 Å². The Morgan fingerprint density at radius 1 is 0.589 bits per heavy atom. The molecule has 0 spiro atoms. The SMILES string of the molecule is CC(C(=O)NC1CN(c2ccc(S(=O)(=O)Nc3nccs3)cc2)C1)N1CCCc2cc(Cl)ccc21.Cc1cc(CN2CCN(c3ccc(S(=O)[O-])cc3)CC2)cc(C)c1OCc1ccccc1.Nc1ccncn1.O=C(CCn1ccc2cccc(Cl)c21)N1CCC(c2ccc(S(=O)(=O)Nc3ccncn3)cc2)CC1.O=C1[C@@H](N2CCCc3ccccc32)CCN1c1ccc(S(=O)(=O)Nc2nccs2)cc1.[HH].[HH].[HH].[HH].[HH]. The molecule has 4 fully saturated rings. The van der Waals surface area contributed by atoms with Crippen LogP contribution in [0.5, 0.6) is 5.75 Å². The van der Waals surface area contributed by atoms with Crippen LogP contribution in [0.25, 0.3) is 10.9 Å². The number of carbonyl (C=O) groups is 3. The second-order valence-electron chi connectivity index (χ2n) is 34.8. The first-order valence-electron chi connectivity index (χ1n) is 46.3. The number of para-hydroxylation sites is 2. The van der Waals surface area contributed by atoms with Crippen molar-refractivity contribution in [2.24, 2.45) is 0 Å². The normalized spacial score (nSPS) is 16.0. The third-order valence-electron chi connectivity index (χ3n) is 25.4. The summed E-state index contributed by atoms with van der Waals surface area (Å²) < 4.78 is 113. The van der Waals surface area contributed by atoms with E-state index in [9.17, 15) is 48.4 Å². The standard InChI is InChI=1S/C26H26ClN5O3S.C26H30N2O3S.C24H26ClN5O3S2.C22H22N4O3S2.C4H5N3.5H2/c27-23-3-1-2-21-11-16-32(26(21)23)17-12-25(33)31-14-9-20(10-15-31)19-4-6-22(7-5-19)36(34,35)30-24-8-13-28-18-29-24;1-20-16-23(17-21(2)26(20)31-19-22-6-4-3-5-7-22)18-27-12-14-28(15-13-27)24-8-10-25(11-9-24)32(29)30;1-16(30-11-2-3-17-13-18(25)4-9-22(17)30)23(31)27-19-14-29(15-19)20-5-7-21(8-6-20)35(32,33)28-24-26-10-12-34-24;27-21-20(26-13-3-5-16-4-1-2-6-19(16)26)11-14-25(21)17-7-9-18(10-8-17)31(28,29)24-22-23-12-15-30-22;5-4-1-2-6-3-7-4;;;;;/h1-8,11,13,16,18,20H,9-10,12,14-15,17H2,(H,28,29,30);3-11,16-17H,12-15,18-19H2,1-2H3,(H,29,30);4-10,12-13,16,19H,2-3,11,14-15H2,1H3,(H,26,28)(H,27,31);1-2,4,6-10,12,15,20H,3,5,11,13-14H2,(H,23,24);1-3H,(H2,5,6,7);5*1H/p-1/t;;;20-;;;;;;/m...0....../s1. The largest absolute Gasteiger partial charge is 0.768 e. The minimum atomic E-state index is -3.73. The fraction of sp³-hybridized carbons (Fsp3) is 0.284. The van der Waals surface area contributed by atoms with E-state index < -0.39 is 41.2 Å². The van der Waals surface area contributed by atoms with Gasteiger partial charge in [0.1, 0.15) is 48.7 Å². The molecule has 5 aromatic heterocycles. The molecule has 3 amide bonds. The number of carbonyl (C=O) groups excluding carboxylic acids is 3. The Bertz CT molecular complexity index is 6990. The van der Waals surface area contributed by atoms with E-state index in [2.05, 4.69) is 124 Å². The molecule has 744 valence electrons. The summed E-state index contributed by atoms with van der Waals surface area (Å²) in [6, 6.07) is 66.7. The number of anilines is 9. The highest BCUT2D eigenvalue weighted by Crippen LogP contribution is 2.38. The number of amides is 3. The molecule has 14 aromatic rings. The van der Waals surface area contributed by atoms with Crippen molar-refractivity contribution in [2.75, 3.05) is 116 Å². The number of thiazole rings is 2. The van der Waals surface area contributed by atoms with Crippen molar-refractivity contribution in [2.45, 2.75) is 135 Å². The van der Waals surface area contributed by atoms with Gasteiger partial charge < -0.3 is 54.3 Å². The Kier molecular flexibility index (Phi) is 33.4. The summed E-state index contributed by atoms with van der Waals surface area (Å²) in [5.74, 6) is 2.20. The number of halogens is 2. The molecule has 0 aliphatic carbocycles. The number of hydrogen-bond acceptors (Lipinski definition) is 26. The zero-order chi connectivity index (χ0) is 98.7. The number of nitrogens with one attached hydrogen (secondary N) is 4. The molecule has 6 N–H and O–H groups in total. The number of aromatic nitrogens is 7.